The highest BCUT2D eigenvalue weighted by Crippen LogP contribution is 2.19. The van der Waals surface area contributed by atoms with E-state index in [1.807, 2.05) is 0 Å². The summed E-state index contributed by atoms with van der Waals surface area (Å²) in [6, 6.07) is 5.44. The molecule has 0 heterocycles. The zero-order valence-corrected chi connectivity index (χ0v) is 10.2. The van der Waals surface area contributed by atoms with Gasteiger partial charge in [-0.15, -0.1) is 0 Å². The van der Waals surface area contributed by atoms with E-state index in [2.05, 4.69) is 5.32 Å². The van der Waals surface area contributed by atoms with Crippen LogP contribution in [0.15, 0.2) is 18.2 Å². The largest absolute Gasteiger partial charge is 0.452 e. The molecule has 0 radical (unpaired) electrons. The van der Waals surface area contributed by atoms with Gasteiger partial charge < -0.3 is 15.8 Å². The normalized spacial score (nSPS) is 14.1. The van der Waals surface area contributed by atoms with E-state index in [1.54, 1.807) is 25.1 Å². The summed E-state index contributed by atoms with van der Waals surface area (Å²) in [6.07, 6.45) is 2.01. The molecule has 96 valence electrons. The highest BCUT2D eigenvalue weighted by Gasteiger charge is 2.24. The van der Waals surface area contributed by atoms with E-state index in [9.17, 15) is 9.59 Å². The number of ether oxygens (including phenoxy) is 1. The van der Waals surface area contributed by atoms with Gasteiger partial charge in [0.2, 0.25) is 0 Å². The van der Waals surface area contributed by atoms with Crippen molar-refractivity contribution in [2.75, 3.05) is 12.3 Å². The smallest absolute Gasteiger partial charge is 0.341 e. The van der Waals surface area contributed by atoms with Crippen molar-refractivity contribution in [3.63, 3.8) is 0 Å². The number of amides is 1. The molecule has 0 bridgehead atoms. The van der Waals surface area contributed by atoms with E-state index in [0.29, 0.717) is 11.3 Å². The number of carbonyl (C=O) groups is 2. The quantitative estimate of drug-likeness (QED) is 0.615. The lowest BCUT2D eigenvalue weighted by atomic mass is 10.1. The minimum absolute atomic E-state index is 0.261. The molecule has 1 aromatic carbocycles. The molecule has 1 saturated carbocycles. The standard InChI is InChI=1S/C13H16N2O3/c1-8-3-2-4-10(14)12(8)13(17)18-7-11(16)15-9-5-6-9/h2-4,9H,5-7,14H2,1H3,(H,15,16). The molecule has 0 unspecified atom stereocenters. The van der Waals surface area contributed by atoms with Crippen molar-refractivity contribution in [2.45, 2.75) is 25.8 Å². The van der Waals surface area contributed by atoms with Crippen molar-refractivity contribution in [3.8, 4) is 0 Å². The van der Waals surface area contributed by atoms with Crippen molar-refractivity contribution in [2.24, 2.45) is 0 Å². The number of anilines is 1. The highest BCUT2D eigenvalue weighted by molar-refractivity contribution is 5.97. The first-order valence-electron chi connectivity index (χ1n) is 5.89. The minimum Gasteiger partial charge on any atom is -0.452 e. The van der Waals surface area contributed by atoms with Crippen molar-refractivity contribution < 1.29 is 14.3 Å². The maximum atomic E-state index is 11.8. The zero-order valence-electron chi connectivity index (χ0n) is 10.2. The van der Waals surface area contributed by atoms with E-state index >= 15 is 0 Å². The first kappa shape index (κ1) is 12.4. The van der Waals surface area contributed by atoms with Crippen LogP contribution in [-0.2, 0) is 9.53 Å². The Labute approximate surface area is 105 Å². The van der Waals surface area contributed by atoms with Gasteiger partial charge in [0.05, 0.1) is 5.56 Å². The molecule has 1 aromatic rings. The molecule has 0 saturated heterocycles. The van der Waals surface area contributed by atoms with Gasteiger partial charge in [0.15, 0.2) is 6.61 Å². The monoisotopic (exact) mass is 248 g/mol. The summed E-state index contributed by atoms with van der Waals surface area (Å²) < 4.78 is 4.95. The number of benzene rings is 1. The van der Waals surface area contributed by atoms with Crippen molar-refractivity contribution in [1.82, 2.24) is 5.32 Å². The van der Waals surface area contributed by atoms with Gasteiger partial charge in [0.1, 0.15) is 0 Å². The van der Waals surface area contributed by atoms with Crippen LogP contribution in [-0.4, -0.2) is 24.5 Å². The Morgan fingerprint density at radius 2 is 2.17 bits per heavy atom. The van der Waals surface area contributed by atoms with Gasteiger partial charge in [-0.1, -0.05) is 12.1 Å². The Bertz CT molecular complexity index is 461. The second kappa shape index (κ2) is 5.08. The molecule has 1 aliphatic rings. The van der Waals surface area contributed by atoms with Crippen LogP contribution in [0.1, 0.15) is 28.8 Å². The molecule has 0 atom stereocenters. The molecule has 0 spiro atoms. The molecular formula is C13H16N2O3. The summed E-state index contributed by atoms with van der Waals surface area (Å²) in [7, 11) is 0. The number of rotatable bonds is 4. The molecule has 1 fully saturated rings. The van der Waals surface area contributed by atoms with E-state index < -0.39 is 5.97 Å². The fourth-order valence-electron chi connectivity index (χ4n) is 1.67. The predicted octanol–water partition coefficient (Wildman–Crippen LogP) is 1.01. The summed E-state index contributed by atoms with van der Waals surface area (Å²) in [5, 5.41) is 2.74. The minimum atomic E-state index is -0.559. The van der Waals surface area contributed by atoms with E-state index in [4.69, 9.17) is 10.5 Å². The second-order valence-electron chi connectivity index (χ2n) is 4.46. The first-order chi connectivity index (χ1) is 8.58. The van der Waals surface area contributed by atoms with Crippen LogP contribution in [0, 0.1) is 6.92 Å². The third kappa shape index (κ3) is 3.00. The Balaban J connectivity index is 1.92. The van der Waals surface area contributed by atoms with Crippen LogP contribution in [0.5, 0.6) is 0 Å². The van der Waals surface area contributed by atoms with Gasteiger partial charge in [0.25, 0.3) is 5.91 Å². The van der Waals surface area contributed by atoms with Crippen LogP contribution in [0.3, 0.4) is 0 Å². The molecule has 5 heteroatoms. The van der Waals surface area contributed by atoms with E-state index in [1.165, 1.54) is 0 Å². The van der Waals surface area contributed by atoms with Crippen molar-refractivity contribution in [3.05, 3.63) is 29.3 Å². The summed E-state index contributed by atoms with van der Waals surface area (Å²) in [5.41, 5.74) is 7.15. The average Bonchev–Trinajstić information content (AvgIpc) is 3.10. The maximum absolute atomic E-state index is 11.8. The third-order valence-electron chi connectivity index (χ3n) is 2.79. The molecule has 1 amide bonds. The fourth-order valence-corrected chi connectivity index (χ4v) is 1.67. The topological polar surface area (TPSA) is 81.4 Å². The summed E-state index contributed by atoms with van der Waals surface area (Å²) in [4.78, 5) is 23.2. The fraction of sp³-hybridized carbons (Fsp3) is 0.385. The van der Waals surface area contributed by atoms with Gasteiger partial charge in [-0.3, -0.25) is 4.79 Å². The lowest BCUT2D eigenvalue weighted by molar-refractivity contribution is -0.124. The van der Waals surface area contributed by atoms with Crippen molar-refractivity contribution >= 4 is 17.6 Å². The Morgan fingerprint density at radius 1 is 1.44 bits per heavy atom. The Morgan fingerprint density at radius 3 is 2.78 bits per heavy atom. The summed E-state index contributed by atoms with van der Waals surface area (Å²) >= 11 is 0. The van der Waals surface area contributed by atoms with Gasteiger partial charge in [0, 0.05) is 11.7 Å². The van der Waals surface area contributed by atoms with Gasteiger partial charge in [-0.2, -0.15) is 0 Å². The number of nitrogen functional groups attached to an aromatic ring is 1. The molecule has 0 aliphatic heterocycles. The van der Waals surface area contributed by atoms with E-state index in [-0.39, 0.29) is 18.6 Å². The zero-order chi connectivity index (χ0) is 13.1. The number of esters is 1. The van der Waals surface area contributed by atoms with Gasteiger partial charge >= 0.3 is 5.97 Å². The molecule has 0 aromatic heterocycles. The SMILES string of the molecule is Cc1cccc(N)c1C(=O)OCC(=O)NC1CC1. The maximum Gasteiger partial charge on any atom is 0.341 e. The predicted molar refractivity (Wildman–Crippen MR) is 67.0 cm³/mol. The summed E-state index contributed by atoms with van der Waals surface area (Å²) in [6.45, 7) is 1.51. The number of hydrogen-bond acceptors (Lipinski definition) is 4. The molecule has 3 N–H and O–H groups in total. The van der Waals surface area contributed by atoms with E-state index in [0.717, 1.165) is 18.4 Å². The van der Waals surface area contributed by atoms with Crippen LogP contribution in [0.4, 0.5) is 5.69 Å². The van der Waals surface area contributed by atoms with Gasteiger partial charge in [-0.25, -0.2) is 4.79 Å². The van der Waals surface area contributed by atoms with Crippen LogP contribution in [0.25, 0.3) is 0 Å². The number of hydrogen-bond donors (Lipinski definition) is 2. The first-order valence-corrected chi connectivity index (χ1v) is 5.89. The van der Waals surface area contributed by atoms with Crippen LogP contribution >= 0.6 is 0 Å². The Hall–Kier alpha value is -2.04. The number of nitrogens with two attached hydrogens (primary N) is 1. The number of nitrogens with one attached hydrogen (secondary N) is 1. The van der Waals surface area contributed by atoms with Gasteiger partial charge in [-0.05, 0) is 31.4 Å². The average molecular weight is 248 g/mol. The van der Waals surface area contributed by atoms with Crippen molar-refractivity contribution in [1.29, 1.82) is 0 Å². The summed E-state index contributed by atoms with van der Waals surface area (Å²) in [5.74, 6) is -0.824. The molecule has 2 rings (SSSR count). The van der Waals surface area contributed by atoms with Crippen LogP contribution in [0.2, 0.25) is 0 Å². The highest BCUT2D eigenvalue weighted by atomic mass is 16.5. The number of carbonyl (C=O) groups excluding carboxylic acids is 2. The molecule has 5 nitrogen and oxygen atoms in total. The lowest BCUT2D eigenvalue weighted by Crippen LogP contribution is -2.30. The lowest BCUT2D eigenvalue weighted by Gasteiger charge is -2.09. The molecule has 1 aliphatic carbocycles. The third-order valence-corrected chi connectivity index (χ3v) is 2.79. The second-order valence-corrected chi connectivity index (χ2v) is 4.46. The molecule has 18 heavy (non-hydrogen) atoms. The Kier molecular flexibility index (Phi) is 3.50. The molecular weight excluding hydrogens is 232 g/mol. The number of aryl methyl sites for hydroxylation is 1. The van der Waals surface area contributed by atoms with Crippen LogP contribution < -0.4 is 11.1 Å².